The molecule has 1 aliphatic heterocycles. The van der Waals surface area contributed by atoms with E-state index in [-0.39, 0.29) is 17.3 Å². The molecule has 0 saturated carbocycles. The summed E-state index contributed by atoms with van der Waals surface area (Å²) >= 11 is 1.48. The number of benzene rings is 1. The van der Waals surface area contributed by atoms with Crippen molar-refractivity contribution in [2.24, 2.45) is 0 Å². The van der Waals surface area contributed by atoms with Gasteiger partial charge in [-0.2, -0.15) is 0 Å². The number of imidazole rings is 1. The number of hydrogen-bond donors (Lipinski definition) is 0. The van der Waals surface area contributed by atoms with E-state index >= 15 is 0 Å². The molecule has 21 heavy (non-hydrogen) atoms. The van der Waals surface area contributed by atoms with E-state index in [1.165, 1.54) is 22.9 Å². The summed E-state index contributed by atoms with van der Waals surface area (Å²) in [5, 5.41) is 0.670. The van der Waals surface area contributed by atoms with Crippen LogP contribution in [-0.2, 0) is 9.53 Å². The molecule has 2 aromatic rings. The van der Waals surface area contributed by atoms with E-state index in [1.54, 1.807) is 6.20 Å². The smallest absolute Gasteiger partial charge is 0.319 e. The molecule has 1 fully saturated rings. The van der Waals surface area contributed by atoms with Gasteiger partial charge in [-0.15, -0.1) is 0 Å². The quantitative estimate of drug-likeness (QED) is 0.816. The van der Waals surface area contributed by atoms with E-state index in [1.807, 2.05) is 17.7 Å². The summed E-state index contributed by atoms with van der Waals surface area (Å²) in [6.07, 6.45) is 4.44. The van der Waals surface area contributed by atoms with E-state index in [0.29, 0.717) is 0 Å². The fourth-order valence-corrected chi connectivity index (χ4v) is 3.78. The second-order valence-corrected chi connectivity index (χ2v) is 6.69. The van der Waals surface area contributed by atoms with Crippen LogP contribution in [0.25, 0.3) is 5.69 Å². The van der Waals surface area contributed by atoms with Gasteiger partial charge in [-0.1, -0.05) is 17.8 Å². The third-order valence-electron chi connectivity index (χ3n) is 3.47. The highest BCUT2D eigenvalue weighted by atomic mass is 32.2. The van der Waals surface area contributed by atoms with Crippen LogP contribution in [0.5, 0.6) is 0 Å². The number of aryl methyl sites for hydroxylation is 2. The molecule has 3 rings (SSSR count). The first kappa shape index (κ1) is 14.2. The van der Waals surface area contributed by atoms with E-state index in [0.717, 1.165) is 17.3 Å². The van der Waals surface area contributed by atoms with Gasteiger partial charge in [0, 0.05) is 24.5 Å². The Morgan fingerprint density at radius 3 is 2.62 bits per heavy atom. The van der Waals surface area contributed by atoms with Crippen LogP contribution in [0, 0.1) is 13.8 Å². The van der Waals surface area contributed by atoms with Gasteiger partial charge in [0.15, 0.2) is 5.16 Å². The van der Waals surface area contributed by atoms with E-state index in [9.17, 15) is 4.79 Å². The summed E-state index contributed by atoms with van der Waals surface area (Å²) in [5.41, 5.74) is 3.50. The van der Waals surface area contributed by atoms with Gasteiger partial charge >= 0.3 is 5.97 Å². The maximum atomic E-state index is 11.8. The molecule has 4 nitrogen and oxygen atoms in total. The van der Waals surface area contributed by atoms with Gasteiger partial charge in [0.05, 0.1) is 0 Å². The van der Waals surface area contributed by atoms with Crippen molar-refractivity contribution < 1.29 is 9.53 Å². The van der Waals surface area contributed by atoms with Crippen LogP contribution in [0.1, 0.15) is 24.5 Å². The van der Waals surface area contributed by atoms with Crippen LogP contribution in [0.2, 0.25) is 0 Å². The van der Waals surface area contributed by atoms with Crippen molar-refractivity contribution in [1.29, 1.82) is 0 Å². The number of esters is 1. The summed E-state index contributed by atoms with van der Waals surface area (Å²) < 4.78 is 7.24. The lowest BCUT2D eigenvalue weighted by Gasteiger charge is -2.11. The van der Waals surface area contributed by atoms with Crippen molar-refractivity contribution in [3.8, 4) is 5.69 Å². The average molecular weight is 302 g/mol. The van der Waals surface area contributed by atoms with Gasteiger partial charge in [-0.25, -0.2) is 4.98 Å². The lowest BCUT2D eigenvalue weighted by atomic mass is 10.1. The van der Waals surface area contributed by atoms with Gasteiger partial charge in [0.25, 0.3) is 0 Å². The minimum atomic E-state index is -0.160. The molecular weight excluding hydrogens is 284 g/mol. The van der Waals surface area contributed by atoms with Crippen LogP contribution >= 0.6 is 11.8 Å². The number of aromatic nitrogens is 2. The van der Waals surface area contributed by atoms with Crippen molar-refractivity contribution in [3.05, 3.63) is 41.7 Å². The minimum Gasteiger partial charge on any atom is -0.462 e. The minimum absolute atomic E-state index is 0.000346. The lowest BCUT2D eigenvalue weighted by molar-refractivity contribution is -0.140. The highest BCUT2D eigenvalue weighted by molar-refractivity contribution is 8.00. The van der Waals surface area contributed by atoms with Gasteiger partial charge in [0.1, 0.15) is 11.4 Å². The zero-order valence-electron chi connectivity index (χ0n) is 12.4. The Balaban J connectivity index is 1.89. The van der Waals surface area contributed by atoms with Crippen molar-refractivity contribution in [2.75, 3.05) is 0 Å². The highest BCUT2D eigenvalue weighted by Gasteiger charge is 2.33. The van der Waals surface area contributed by atoms with Crippen LogP contribution in [0.15, 0.2) is 35.7 Å². The van der Waals surface area contributed by atoms with Crippen molar-refractivity contribution in [2.45, 2.75) is 43.7 Å². The molecule has 1 aliphatic rings. The summed E-state index contributed by atoms with van der Waals surface area (Å²) in [6.45, 7) is 6.08. The van der Waals surface area contributed by atoms with Crippen LogP contribution in [0.4, 0.5) is 0 Å². The number of thioether (sulfide) groups is 1. The third-order valence-corrected chi connectivity index (χ3v) is 4.65. The first-order chi connectivity index (χ1) is 10.0. The molecule has 0 amide bonds. The fraction of sp³-hybridized carbons (Fsp3) is 0.375. The lowest BCUT2D eigenvalue weighted by Crippen LogP contribution is -2.11. The second kappa shape index (κ2) is 5.56. The Bertz CT molecular complexity index is 660. The number of cyclic esters (lactones) is 1. The molecule has 2 atom stereocenters. The molecule has 2 heterocycles. The molecule has 0 bridgehead atoms. The van der Waals surface area contributed by atoms with Crippen LogP contribution < -0.4 is 0 Å². The predicted molar refractivity (Wildman–Crippen MR) is 82.9 cm³/mol. The normalized spacial score (nSPS) is 21.6. The molecule has 1 saturated heterocycles. The van der Waals surface area contributed by atoms with E-state index < -0.39 is 0 Å². The topological polar surface area (TPSA) is 44.1 Å². The standard InChI is InChI=1S/C16H18N2O2S/c1-10-6-11(2)8-13(7-10)18-5-4-17-16(18)21-14-9-12(3)20-15(14)19/h4-8,12,14H,9H2,1-3H3. The first-order valence-electron chi connectivity index (χ1n) is 7.02. The highest BCUT2D eigenvalue weighted by Crippen LogP contribution is 2.32. The maximum Gasteiger partial charge on any atom is 0.319 e. The van der Waals surface area contributed by atoms with Crippen molar-refractivity contribution in [3.63, 3.8) is 0 Å². The number of ether oxygens (including phenoxy) is 1. The largest absolute Gasteiger partial charge is 0.462 e. The third kappa shape index (κ3) is 2.97. The second-order valence-electron chi connectivity index (χ2n) is 5.52. The molecule has 0 aliphatic carbocycles. The zero-order valence-corrected chi connectivity index (χ0v) is 13.2. The molecule has 2 unspecified atom stereocenters. The maximum absolute atomic E-state index is 11.8. The van der Waals surface area contributed by atoms with Gasteiger partial charge in [-0.05, 0) is 44.0 Å². The summed E-state index contributed by atoms with van der Waals surface area (Å²) in [4.78, 5) is 16.2. The Morgan fingerprint density at radius 1 is 1.29 bits per heavy atom. The molecular formula is C16H18N2O2S. The Labute approximate surface area is 128 Å². The number of hydrogen-bond acceptors (Lipinski definition) is 4. The fourth-order valence-electron chi connectivity index (χ4n) is 2.61. The zero-order chi connectivity index (χ0) is 15.0. The van der Waals surface area contributed by atoms with Gasteiger partial charge in [0.2, 0.25) is 0 Å². The Morgan fingerprint density at radius 2 is 2.00 bits per heavy atom. The SMILES string of the molecule is Cc1cc(C)cc(-n2ccnc2SC2CC(C)OC2=O)c1. The molecule has 1 aromatic heterocycles. The number of carbonyl (C=O) groups excluding carboxylic acids is 1. The summed E-state index contributed by atoms with van der Waals surface area (Å²) in [7, 11) is 0. The molecule has 110 valence electrons. The summed E-state index contributed by atoms with van der Waals surface area (Å²) in [5.74, 6) is -0.137. The Kier molecular flexibility index (Phi) is 3.76. The van der Waals surface area contributed by atoms with E-state index in [2.05, 4.69) is 37.0 Å². The monoisotopic (exact) mass is 302 g/mol. The molecule has 1 aromatic carbocycles. The van der Waals surface area contributed by atoms with Crippen molar-refractivity contribution in [1.82, 2.24) is 9.55 Å². The van der Waals surface area contributed by atoms with Crippen LogP contribution in [0.3, 0.4) is 0 Å². The van der Waals surface area contributed by atoms with Gasteiger partial charge < -0.3 is 4.74 Å². The molecule has 5 heteroatoms. The number of nitrogens with zero attached hydrogens (tertiary/aromatic N) is 2. The molecule has 0 radical (unpaired) electrons. The summed E-state index contributed by atoms with van der Waals surface area (Å²) in [6, 6.07) is 6.38. The van der Waals surface area contributed by atoms with Crippen LogP contribution in [-0.4, -0.2) is 26.9 Å². The first-order valence-corrected chi connectivity index (χ1v) is 7.90. The Hall–Kier alpha value is -1.75. The molecule has 0 N–H and O–H groups in total. The van der Waals surface area contributed by atoms with Crippen molar-refractivity contribution >= 4 is 17.7 Å². The molecule has 0 spiro atoms. The average Bonchev–Trinajstić information content (AvgIpc) is 2.96. The number of carbonyl (C=O) groups is 1. The van der Waals surface area contributed by atoms with E-state index in [4.69, 9.17) is 4.74 Å². The van der Waals surface area contributed by atoms with Gasteiger partial charge in [-0.3, -0.25) is 9.36 Å². The number of rotatable bonds is 3. The predicted octanol–water partition coefficient (Wildman–Crippen LogP) is 3.29.